The summed E-state index contributed by atoms with van der Waals surface area (Å²) in [7, 11) is 0. The van der Waals surface area contributed by atoms with Gasteiger partial charge in [-0.25, -0.2) is 0 Å². The van der Waals surface area contributed by atoms with Crippen molar-refractivity contribution in [3.05, 3.63) is 0 Å². The lowest BCUT2D eigenvalue weighted by molar-refractivity contribution is -0.126. The Labute approximate surface area is 97.4 Å². The van der Waals surface area contributed by atoms with Crippen LogP contribution in [-0.2, 0) is 9.59 Å². The molecule has 3 N–H and O–H groups in total. The van der Waals surface area contributed by atoms with Crippen molar-refractivity contribution < 1.29 is 9.59 Å². The van der Waals surface area contributed by atoms with Gasteiger partial charge in [-0.3, -0.25) is 9.59 Å². The molecule has 0 heterocycles. The van der Waals surface area contributed by atoms with Gasteiger partial charge in [0.25, 0.3) is 0 Å². The topological polar surface area (TPSA) is 70.2 Å². The number of nitrogens with one attached hydrogen (secondary N) is 3. The highest BCUT2D eigenvalue weighted by molar-refractivity contribution is 5.84. The van der Waals surface area contributed by atoms with Crippen molar-refractivity contribution in [1.29, 1.82) is 0 Å². The molecule has 0 spiro atoms. The minimum absolute atomic E-state index is 0.0543. The maximum atomic E-state index is 11.3. The zero-order chi connectivity index (χ0) is 12.6. The number of rotatable bonds is 7. The molecule has 0 aromatic rings. The third-order valence-electron chi connectivity index (χ3n) is 1.80. The van der Waals surface area contributed by atoms with Gasteiger partial charge in [-0.2, -0.15) is 0 Å². The fourth-order valence-electron chi connectivity index (χ4n) is 1.11. The largest absolute Gasteiger partial charge is 0.352 e. The molecular weight excluding hydrogens is 206 g/mol. The summed E-state index contributed by atoms with van der Waals surface area (Å²) < 4.78 is 0. The minimum atomic E-state index is -0.153. The molecule has 16 heavy (non-hydrogen) atoms. The summed E-state index contributed by atoms with van der Waals surface area (Å²) in [6.45, 7) is 8.49. The van der Waals surface area contributed by atoms with E-state index in [0.29, 0.717) is 19.0 Å². The maximum Gasteiger partial charge on any atom is 0.239 e. The van der Waals surface area contributed by atoms with Crippen LogP contribution in [0.1, 0.15) is 34.1 Å². The van der Waals surface area contributed by atoms with Crippen LogP contribution in [0.3, 0.4) is 0 Å². The van der Waals surface area contributed by atoms with Crippen molar-refractivity contribution in [1.82, 2.24) is 16.0 Å². The Kier molecular flexibility index (Phi) is 7.54. The lowest BCUT2D eigenvalue weighted by atomic mass is 10.3. The lowest BCUT2D eigenvalue weighted by Crippen LogP contribution is -2.40. The van der Waals surface area contributed by atoms with E-state index in [4.69, 9.17) is 0 Å². The maximum absolute atomic E-state index is 11.3. The summed E-state index contributed by atoms with van der Waals surface area (Å²) in [5.74, 6) is -0.257. The lowest BCUT2D eigenvalue weighted by Gasteiger charge is -2.10. The standard InChI is InChI=1S/C11H23N3O2/c1-8(2)12-6-5-10(15)13-7-11(16)14-9(3)4/h8-9,12H,5-7H2,1-4H3,(H,13,15)(H,14,16). The molecule has 0 atom stereocenters. The molecule has 0 aliphatic carbocycles. The number of hydrogen-bond donors (Lipinski definition) is 3. The Balaban J connectivity index is 3.53. The summed E-state index contributed by atoms with van der Waals surface area (Å²) >= 11 is 0. The van der Waals surface area contributed by atoms with Crippen LogP contribution in [0.2, 0.25) is 0 Å². The van der Waals surface area contributed by atoms with Gasteiger partial charge >= 0.3 is 0 Å². The predicted octanol–water partition coefficient (Wildman–Crippen LogP) is 0.0153. The van der Waals surface area contributed by atoms with Gasteiger partial charge < -0.3 is 16.0 Å². The summed E-state index contributed by atoms with van der Waals surface area (Å²) in [5, 5.41) is 8.41. The molecular formula is C11H23N3O2. The molecule has 0 saturated carbocycles. The first-order chi connectivity index (χ1) is 7.41. The van der Waals surface area contributed by atoms with E-state index >= 15 is 0 Å². The van der Waals surface area contributed by atoms with E-state index in [2.05, 4.69) is 16.0 Å². The summed E-state index contributed by atoms with van der Waals surface area (Å²) in [5.41, 5.74) is 0. The molecule has 0 aromatic carbocycles. The van der Waals surface area contributed by atoms with Crippen LogP contribution in [-0.4, -0.2) is 37.0 Å². The third kappa shape index (κ3) is 9.45. The molecule has 0 aromatic heterocycles. The molecule has 0 unspecified atom stereocenters. The second-order valence-electron chi connectivity index (χ2n) is 4.36. The Hall–Kier alpha value is -1.10. The van der Waals surface area contributed by atoms with Gasteiger partial charge in [0.05, 0.1) is 6.54 Å². The summed E-state index contributed by atoms with van der Waals surface area (Å²) in [6, 6.07) is 0.476. The molecule has 94 valence electrons. The zero-order valence-corrected chi connectivity index (χ0v) is 10.6. The van der Waals surface area contributed by atoms with Gasteiger partial charge in [-0.15, -0.1) is 0 Å². The van der Waals surface area contributed by atoms with Crippen molar-refractivity contribution >= 4 is 11.8 Å². The van der Waals surface area contributed by atoms with E-state index in [1.54, 1.807) is 0 Å². The molecule has 0 bridgehead atoms. The number of carbonyl (C=O) groups is 2. The van der Waals surface area contributed by atoms with Gasteiger partial charge in [0.15, 0.2) is 0 Å². The number of hydrogen-bond acceptors (Lipinski definition) is 3. The Morgan fingerprint density at radius 3 is 2.12 bits per heavy atom. The highest BCUT2D eigenvalue weighted by atomic mass is 16.2. The van der Waals surface area contributed by atoms with Gasteiger partial charge in [-0.05, 0) is 13.8 Å². The smallest absolute Gasteiger partial charge is 0.239 e. The molecule has 2 amide bonds. The van der Waals surface area contributed by atoms with E-state index in [0.717, 1.165) is 0 Å². The SMILES string of the molecule is CC(C)NCCC(=O)NCC(=O)NC(C)C. The Bertz CT molecular complexity index is 227. The van der Waals surface area contributed by atoms with Crippen LogP contribution >= 0.6 is 0 Å². The van der Waals surface area contributed by atoms with Crippen LogP contribution in [0.25, 0.3) is 0 Å². The van der Waals surface area contributed by atoms with E-state index in [1.165, 1.54) is 0 Å². The average molecular weight is 229 g/mol. The quantitative estimate of drug-likeness (QED) is 0.576. The molecule has 0 radical (unpaired) electrons. The number of amides is 2. The fourth-order valence-corrected chi connectivity index (χ4v) is 1.11. The van der Waals surface area contributed by atoms with Crippen molar-refractivity contribution in [2.24, 2.45) is 0 Å². The van der Waals surface area contributed by atoms with Gasteiger partial charge in [0.1, 0.15) is 0 Å². The Morgan fingerprint density at radius 1 is 1.00 bits per heavy atom. The van der Waals surface area contributed by atoms with Crippen molar-refractivity contribution in [2.45, 2.75) is 46.2 Å². The molecule has 0 aliphatic heterocycles. The highest BCUT2D eigenvalue weighted by Crippen LogP contribution is 1.82. The van der Waals surface area contributed by atoms with Gasteiger partial charge in [0, 0.05) is 25.0 Å². The Morgan fingerprint density at radius 2 is 1.62 bits per heavy atom. The van der Waals surface area contributed by atoms with Crippen LogP contribution in [0.4, 0.5) is 0 Å². The first kappa shape index (κ1) is 14.9. The van der Waals surface area contributed by atoms with E-state index < -0.39 is 0 Å². The first-order valence-corrected chi connectivity index (χ1v) is 5.71. The summed E-state index contributed by atoms with van der Waals surface area (Å²) in [4.78, 5) is 22.5. The normalized spacial score (nSPS) is 10.6. The summed E-state index contributed by atoms with van der Waals surface area (Å²) in [6.07, 6.45) is 0.396. The van der Waals surface area contributed by atoms with Crippen LogP contribution in [0.5, 0.6) is 0 Å². The zero-order valence-electron chi connectivity index (χ0n) is 10.6. The first-order valence-electron chi connectivity index (χ1n) is 5.71. The monoisotopic (exact) mass is 229 g/mol. The molecule has 0 saturated heterocycles. The molecule has 5 nitrogen and oxygen atoms in total. The average Bonchev–Trinajstić information content (AvgIpc) is 2.13. The van der Waals surface area contributed by atoms with Crippen LogP contribution in [0, 0.1) is 0 Å². The van der Waals surface area contributed by atoms with Gasteiger partial charge in [-0.1, -0.05) is 13.8 Å². The minimum Gasteiger partial charge on any atom is -0.352 e. The van der Waals surface area contributed by atoms with E-state index in [1.807, 2.05) is 27.7 Å². The molecule has 0 aliphatic rings. The van der Waals surface area contributed by atoms with Crippen molar-refractivity contribution in [3.63, 3.8) is 0 Å². The van der Waals surface area contributed by atoms with E-state index in [-0.39, 0.29) is 24.4 Å². The molecule has 0 rings (SSSR count). The molecule has 5 heteroatoms. The van der Waals surface area contributed by atoms with Crippen LogP contribution in [0.15, 0.2) is 0 Å². The van der Waals surface area contributed by atoms with Gasteiger partial charge in [0.2, 0.25) is 11.8 Å². The van der Waals surface area contributed by atoms with Crippen molar-refractivity contribution in [2.75, 3.05) is 13.1 Å². The second-order valence-corrected chi connectivity index (χ2v) is 4.36. The predicted molar refractivity (Wildman–Crippen MR) is 64.0 cm³/mol. The third-order valence-corrected chi connectivity index (χ3v) is 1.80. The second kappa shape index (κ2) is 8.10. The molecule has 0 fully saturated rings. The van der Waals surface area contributed by atoms with Crippen molar-refractivity contribution in [3.8, 4) is 0 Å². The van der Waals surface area contributed by atoms with E-state index in [9.17, 15) is 9.59 Å². The number of carbonyl (C=O) groups excluding carboxylic acids is 2. The fraction of sp³-hybridized carbons (Fsp3) is 0.818. The highest BCUT2D eigenvalue weighted by Gasteiger charge is 2.06. The van der Waals surface area contributed by atoms with Crippen LogP contribution < -0.4 is 16.0 Å².